The molecule has 84 valence electrons. The first kappa shape index (κ1) is 11.3. The van der Waals surface area contributed by atoms with E-state index >= 15 is 0 Å². The molecule has 0 aliphatic rings. The van der Waals surface area contributed by atoms with Crippen LogP contribution in [0.5, 0.6) is 11.6 Å². The molecule has 0 aliphatic heterocycles. The Hall–Kier alpha value is -1.24. The van der Waals surface area contributed by atoms with Crippen LogP contribution in [0.3, 0.4) is 0 Å². The van der Waals surface area contributed by atoms with Crippen LogP contribution in [0.4, 0.5) is 5.69 Å². The number of anilines is 1. The molecule has 0 bridgehead atoms. The third-order valence-corrected chi connectivity index (χ3v) is 3.15. The summed E-state index contributed by atoms with van der Waals surface area (Å²) in [5.41, 5.74) is 7.26. The van der Waals surface area contributed by atoms with Crippen molar-refractivity contribution in [1.82, 2.24) is 9.78 Å². The van der Waals surface area contributed by atoms with Gasteiger partial charge < -0.3 is 10.5 Å². The number of benzene rings is 1. The Balaban J connectivity index is 2.38. The largest absolute Gasteiger partial charge is 0.436 e. The van der Waals surface area contributed by atoms with Crippen molar-refractivity contribution in [3.8, 4) is 11.6 Å². The highest BCUT2D eigenvalue weighted by Gasteiger charge is 2.13. The molecule has 0 spiro atoms. The van der Waals surface area contributed by atoms with Crippen LogP contribution in [0.1, 0.15) is 5.69 Å². The lowest BCUT2D eigenvalue weighted by atomic mass is 10.3. The van der Waals surface area contributed by atoms with Crippen molar-refractivity contribution in [2.45, 2.75) is 6.92 Å². The van der Waals surface area contributed by atoms with E-state index in [4.69, 9.17) is 10.5 Å². The van der Waals surface area contributed by atoms with Crippen LogP contribution in [-0.4, -0.2) is 9.78 Å². The molecule has 2 aromatic rings. The molecule has 0 amide bonds. The normalized spacial score (nSPS) is 10.4. The third kappa shape index (κ3) is 1.99. The summed E-state index contributed by atoms with van der Waals surface area (Å²) in [6.45, 7) is 1.86. The van der Waals surface area contributed by atoms with Gasteiger partial charge in [-0.3, -0.25) is 0 Å². The number of nitrogens with zero attached hydrogens (tertiary/aromatic N) is 2. The molecule has 1 aromatic carbocycles. The number of hydrogen-bond acceptors (Lipinski definition) is 3. The second-order valence-corrected chi connectivity index (χ2v) is 4.62. The van der Waals surface area contributed by atoms with Crippen LogP contribution >= 0.6 is 22.6 Å². The third-order valence-electron chi connectivity index (χ3n) is 2.26. The molecule has 0 atom stereocenters. The summed E-state index contributed by atoms with van der Waals surface area (Å²) >= 11 is 2.22. The van der Waals surface area contributed by atoms with Crippen molar-refractivity contribution >= 4 is 28.3 Å². The van der Waals surface area contributed by atoms with Crippen molar-refractivity contribution < 1.29 is 4.74 Å². The van der Waals surface area contributed by atoms with E-state index in [1.54, 1.807) is 4.68 Å². The minimum atomic E-state index is 0.585. The Morgan fingerprint density at radius 3 is 2.62 bits per heavy atom. The van der Waals surface area contributed by atoms with Gasteiger partial charge in [-0.15, -0.1) is 0 Å². The van der Waals surface area contributed by atoms with Gasteiger partial charge >= 0.3 is 0 Å². The van der Waals surface area contributed by atoms with Gasteiger partial charge in [0.25, 0.3) is 0 Å². The number of aromatic nitrogens is 2. The first-order chi connectivity index (χ1) is 7.59. The van der Waals surface area contributed by atoms with Gasteiger partial charge in [0.2, 0.25) is 5.88 Å². The lowest BCUT2D eigenvalue weighted by Crippen LogP contribution is -1.98. The molecule has 0 unspecified atom stereocenters. The van der Waals surface area contributed by atoms with Gasteiger partial charge in [0.15, 0.2) is 0 Å². The fourth-order valence-corrected chi connectivity index (χ4v) is 1.90. The summed E-state index contributed by atoms with van der Waals surface area (Å²) in [5.74, 6) is 1.37. The summed E-state index contributed by atoms with van der Waals surface area (Å²) < 4.78 is 8.45. The lowest BCUT2D eigenvalue weighted by Gasteiger charge is -2.07. The maximum Gasteiger partial charge on any atom is 0.241 e. The first-order valence-electron chi connectivity index (χ1n) is 4.81. The molecule has 0 saturated heterocycles. The molecule has 2 rings (SSSR count). The molecular formula is C11H12IN3O. The van der Waals surface area contributed by atoms with Crippen molar-refractivity contribution in [3.05, 3.63) is 33.5 Å². The van der Waals surface area contributed by atoms with E-state index in [-0.39, 0.29) is 0 Å². The van der Waals surface area contributed by atoms with Gasteiger partial charge in [-0.1, -0.05) is 12.1 Å². The molecule has 0 radical (unpaired) electrons. The topological polar surface area (TPSA) is 53.1 Å². The Kier molecular flexibility index (Phi) is 3.04. The highest BCUT2D eigenvalue weighted by Crippen LogP contribution is 2.31. The quantitative estimate of drug-likeness (QED) is 0.862. The monoisotopic (exact) mass is 329 g/mol. The Bertz CT molecular complexity index is 522. The minimum Gasteiger partial charge on any atom is -0.436 e. The van der Waals surface area contributed by atoms with Crippen LogP contribution in [0, 0.1) is 10.5 Å². The van der Waals surface area contributed by atoms with Crippen LogP contribution in [0.25, 0.3) is 0 Å². The molecule has 0 fully saturated rings. The second-order valence-electron chi connectivity index (χ2n) is 3.46. The van der Waals surface area contributed by atoms with Gasteiger partial charge in [-0.2, -0.15) is 5.10 Å². The van der Waals surface area contributed by atoms with Crippen molar-refractivity contribution in [3.63, 3.8) is 0 Å². The zero-order chi connectivity index (χ0) is 11.7. The van der Waals surface area contributed by atoms with Gasteiger partial charge in [-0.25, -0.2) is 4.68 Å². The van der Waals surface area contributed by atoms with E-state index in [0.717, 1.165) is 15.0 Å². The van der Waals surface area contributed by atoms with Crippen LogP contribution in [-0.2, 0) is 7.05 Å². The SMILES string of the molecule is Cc1nn(C)c(Oc2ccccc2I)c1N. The van der Waals surface area contributed by atoms with Gasteiger partial charge in [0, 0.05) is 7.05 Å². The molecule has 0 saturated carbocycles. The second kappa shape index (κ2) is 4.32. The molecule has 0 aliphatic carbocycles. The van der Waals surface area contributed by atoms with Crippen LogP contribution in [0.15, 0.2) is 24.3 Å². The average molecular weight is 329 g/mol. The highest BCUT2D eigenvalue weighted by atomic mass is 127. The number of rotatable bonds is 2. The smallest absolute Gasteiger partial charge is 0.241 e. The molecule has 5 heteroatoms. The number of halogens is 1. The van der Waals surface area contributed by atoms with Crippen LogP contribution in [0.2, 0.25) is 0 Å². The summed E-state index contributed by atoms with van der Waals surface area (Å²) in [7, 11) is 1.81. The Labute approximate surface area is 108 Å². The maximum absolute atomic E-state index is 5.89. The fourth-order valence-electron chi connectivity index (χ4n) is 1.41. The Morgan fingerprint density at radius 2 is 2.06 bits per heavy atom. The van der Waals surface area contributed by atoms with Crippen molar-refractivity contribution in [1.29, 1.82) is 0 Å². The summed E-state index contributed by atoms with van der Waals surface area (Å²) in [5, 5.41) is 4.20. The number of hydrogen-bond donors (Lipinski definition) is 1. The van der Waals surface area contributed by atoms with Crippen molar-refractivity contribution in [2.24, 2.45) is 7.05 Å². The number of nitrogens with two attached hydrogens (primary N) is 1. The number of nitrogen functional groups attached to an aromatic ring is 1. The van der Waals surface area contributed by atoms with E-state index < -0.39 is 0 Å². The van der Waals surface area contributed by atoms with E-state index in [2.05, 4.69) is 27.7 Å². The van der Waals surface area contributed by atoms with Gasteiger partial charge in [0.05, 0.1) is 9.26 Å². The predicted molar refractivity (Wildman–Crippen MR) is 71.6 cm³/mol. The number of para-hydroxylation sites is 1. The highest BCUT2D eigenvalue weighted by molar-refractivity contribution is 14.1. The number of aryl methyl sites for hydroxylation is 2. The van der Waals surface area contributed by atoms with Gasteiger partial charge in [0.1, 0.15) is 11.4 Å². The summed E-state index contributed by atoms with van der Waals surface area (Å²) in [6.07, 6.45) is 0. The minimum absolute atomic E-state index is 0.585. The van der Waals surface area contributed by atoms with E-state index in [0.29, 0.717) is 11.6 Å². The maximum atomic E-state index is 5.89. The molecular weight excluding hydrogens is 317 g/mol. The van der Waals surface area contributed by atoms with Gasteiger partial charge in [-0.05, 0) is 41.6 Å². The first-order valence-corrected chi connectivity index (χ1v) is 5.89. The molecule has 4 nitrogen and oxygen atoms in total. The lowest BCUT2D eigenvalue weighted by molar-refractivity contribution is 0.430. The van der Waals surface area contributed by atoms with Crippen molar-refractivity contribution in [2.75, 3.05) is 5.73 Å². The zero-order valence-electron chi connectivity index (χ0n) is 9.07. The molecule has 16 heavy (non-hydrogen) atoms. The molecule has 2 N–H and O–H groups in total. The molecule has 1 aromatic heterocycles. The standard InChI is InChI=1S/C11H12IN3O/c1-7-10(13)11(15(2)14-7)16-9-6-4-3-5-8(9)12/h3-6H,13H2,1-2H3. The van der Waals surface area contributed by atoms with E-state index in [1.165, 1.54) is 0 Å². The number of ether oxygens (including phenoxy) is 1. The summed E-state index contributed by atoms with van der Waals surface area (Å²) in [4.78, 5) is 0. The van der Waals surface area contributed by atoms with E-state index in [9.17, 15) is 0 Å². The predicted octanol–water partition coefficient (Wildman–Crippen LogP) is 2.71. The van der Waals surface area contributed by atoms with Crippen LogP contribution < -0.4 is 10.5 Å². The summed E-state index contributed by atoms with van der Waals surface area (Å²) in [6, 6.07) is 7.78. The van der Waals surface area contributed by atoms with E-state index in [1.807, 2.05) is 38.2 Å². The molecule has 1 heterocycles. The average Bonchev–Trinajstić information content (AvgIpc) is 2.48. The zero-order valence-corrected chi connectivity index (χ0v) is 11.2. The Morgan fingerprint density at radius 1 is 1.38 bits per heavy atom. The fraction of sp³-hybridized carbons (Fsp3) is 0.182.